The smallest absolute Gasteiger partial charge is 0.322 e. The van der Waals surface area contributed by atoms with E-state index < -0.39 is 11.9 Å². The maximum atomic E-state index is 14.3. The quantitative estimate of drug-likeness (QED) is 0.369. The standard InChI is InChI=1S/C28H25FN4O3/c1-17-8-7-9-19(14-17)16-33-18(2)24(25(30-28(33)34)20-10-5-4-6-11-20)27-31-26(32-36-27)21-12-13-23(35-3)22(29)15-21/h4-15,25H,16H2,1-3H3,(H,30,34). The van der Waals surface area contributed by atoms with Gasteiger partial charge >= 0.3 is 6.03 Å². The molecule has 2 amide bonds. The maximum Gasteiger partial charge on any atom is 0.322 e. The highest BCUT2D eigenvalue weighted by Crippen LogP contribution is 2.38. The number of halogens is 1. The van der Waals surface area contributed by atoms with E-state index in [0.29, 0.717) is 23.4 Å². The number of hydrogen-bond acceptors (Lipinski definition) is 5. The molecular formula is C28H25FN4O3. The molecule has 4 aromatic rings. The Hall–Kier alpha value is -4.46. The molecular weight excluding hydrogens is 459 g/mol. The van der Waals surface area contributed by atoms with Gasteiger partial charge in [0.1, 0.15) is 0 Å². The highest BCUT2D eigenvalue weighted by atomic mass is 19.1. The zero-order valence-corrected chi connectivity index (χ0v) is 20.2. The largest absolute Gasteiger partial charge is 0.494 e. The number of ether oxygens (including phenoxy) is 1. The van der Waals surface area contributed by atoms with Crippen molar-refractivity contribution in [3.63, 3.8) is 0 Å². The molecule has 36 heavy (non-hydrogen) atoms. The molecule has 7 nitrogen and oxygen atoms in total. The molecule has 2 heterocycles. The van der Waals surface area contributed by atoms with Gasteiger partial charge < -0.3 is 14.6 Å². The van der Waals surface area contributed by atoms with Crippen LogP contribution in [0.25, 0.3) is 17.0 Å². The summed E-state index contributed by atoms with van der Waals surface area (Å²) in [7, 11) is 1.41. The number of rotatable bonds is 6. The monoisotopic (exact) mass is 484 g/mol. The summed E-state index contributed by atoms with van der Waals surface area (Å²) in [6, 6.07) is 21.4. The molecule has 1 unspecified atom stereocenters. The van der Waals surface area contributed by atoms with Gasteiger partial charge in [-0.1, -0.05) is 65.3 Å². The molecule has 1 atom stereocenters. The molecule has 182 valence electrons. The van der Waals surface area contributed by atoms with E-state index in [1.54, 1.807) is 11.0 Å². The number of aryl methyl sites for hydroxylation is 1. The molecule has 0 radical (unpaired) electrons. The second-order valence-corrected chi connectivity index (χ2v) is 8.64. The first-order valence-electron chi connectivity index (χ1n) is 11.5. The lowest BCUT2D eigenvalue weighted by Crippen LogP contribution is -2.45. The fourth-order valence-corrected chi connectivity index (χ4v) is 4.39. The summed E-state index contributed by atoms with van der Waals surface area (Å²) >= 11 is 0. The lowest BCUT2D eigenvalue weighted by Gasteiger charge is -2.35. The summed E-state index contributed by atoms with van der Waals surface area (Å²) in [5, 5.41) is 7.20. The van der Waals surface area contributed by atoms with Gasteiger partial charge in [-0.15, -0.1) is 0 Å². The van der Waals surface area contributed by atoms with Crippen LogP contribution in [0.1, 0.15) is 35.5 Å². The normalized spacial score (nSPS) is 15.7. The van der Waals surface area contributed by atoms with Crippen molar-refractivity contribution in [2.75, 3.05) is 7.11 Å². The fraction of sp³-hybridized carbons (Fsp3) is 0.179. The van der Waals surface area contributed by atoms with E-state index in [-0.39, 0.29) is 23.5 Å². The van der Waals surface area contributed by atoms with Crippen LogP contribution >= 0.6 is 0 Å². The summed E-state index contributed by atoms with van der Waals surface area (Å²) in [4.78, 5) is 19.5. The Kier molecular flexibility index (Phi) is 6.25. The number of urea groups is 1. The Labute approximate surface area is 208 Å². The summed E-state index contributed by atoms with van der Waals surface area (Å²) in [5.41, 5.74) is 4.83. The molecule has 1 aromatic heterocycles. The van der Waals surface area contributed by atoms with Crippen LogP contribution in [0.5, 0.6) is 5.75 Å². The maximum absolute atomic E-state index is 14.3. The van der Waals surface area contributed by atoms with E-state index in [1.165, 1.54) is 19.2 Å². The van der Waals surface area contributed by atoms with E-state index in [0.717, 1.165) is 16.7 Å². The second kappa shape index (κ2) is 9.65. The van der Waals surface area contributed by atoms with Gasteiger partial charge in [-0.25, -0.2) is 9.18 Å². The molecule has 0 spiro atoms. The molecule has 8 heteroatoms. The third kappa shape index (κ3) is 4.45. The Morgan fingerprint density at radius 2 is 1.86 bits per heavy atom. The van der Waals surface area contributed by atoms with E-state index in [2.05, 4.69) is 15.5 Å². The molecule has 1 N–H and O–H groups in total. The predicted octanol–water partition coefficient (Wildman–Crippen LogP) is 5.89. The van der Waals surface area contributed by atoms with Gasteiger partial charge in [0.2, 0.25) is 5.82 Å². The first-order chi connectivity index (χ1) is 17.4. The average molecular weight is 485 g/mol. The Morgan fingerprint density at radius 1 is 1.06 bits per heavy atom. The van der Waals surface area contributed by atoms with Crippen molar-refractivity contribution in [1.82, 2.24) is 20.4 Å². The molecule has 1 aliphatic rings. The van der Waals surface area contributed by atoms with Crippen LogP contribution in [0.15, 0.2) is 83.0 Å². The minimum absolute atomic E-state index is 0.131. The zero-order chi connectivity index (χ0) is 25.2. The van der Waals surface area contributed by atoms with Gasteiger partial charge in [0.25, 0.3) is 5.89 Å². The number of carbonyl (C=O) groups excluding carboxylic acids is 1. The summed E-state index contributed by atoms with van der Waals surface area (Å²) < 4.78 is 25.0. The van der Waals surface area contributed by atoms with Crippen molar-refractivity contribution >= 4 is 11.6 Å². The summed E-state index contributed by atoms with van der Waals surface area (Å²) in [6.07, 6.45) is 0. The number of allylic oxidation sites excluding steroid dienone is 1. The fourth-order valence-electron chi connectivity index (χ4n) is 4.39. The van der Waals surface area contributed by atoms with Crippen LogP contribution in [0.3, 0.4) is 0 Å². The lowest BCUT2D eigenvalue weighted by atomic mass is 9.94. The van der Waals surface area contributed by atoms with Crippen molar-refractivity contribution in [2.24, 2.45) is 0 Å². The van der Waals surface area contributed by atoms with Gasteiger partial charge in [0, 0.05) is 11.3 Å². The van der Waals surface area contributed by atoms with Crippen molar-refractivity contribution in [1.29, 1.82) is 0 Å². The van der Waals surface area contributed by atoms with Crippen molar-refractivity contribution in [2.45, 2.75) is 26.4 Å². The van der Waals surface area contributed by atoms with E-state index in [9.17, 15) is 9.18 Å². The molecule has 0 saturated heterocycles. The van der Waals surface area contributed by atoms with E-state index >= 15 is 0 Å². The number of amides is 2. The van der Waals surface area contributed by atoms with Gasteiger partial charge in [-0.05, 0) is 43.2 Å². The minimum Gasteiger partial charge on any atom is -0.494 e. The van der Waals surface area contributed by atoms with Gasteiger partial charge in [-0.3, -0.25) is 4.90 Å². The molecule has 0 fully saturated rings. The zero-order valence-electron chi connectivity index (χ0n) is 20.2. The van der Waals surface area contributed by atoms with Gasteiger partial charge in [0.05, 0.1) is 25.3 Å². The second-order valence-electron chi connectivity index (χ2n) is 8.64. The third-order valence-corrected chi connectivity index (χ3v) is 6.22. The number of hydrogen-bond donors (Lipinski definition) is 1. The van der Waals surface area contributed by atoms with Crippen LogP contribution in [-0.2, 0) is 6.54 Å². The number of aromatic nitrogens is 2. The van der Waals surface area contributed by atoms with Crippen molar-refractivity contribution in [3.8, 4) is 17.1 Å². The third-order valence-electron chi connectivity index (χ3n) is 6.22. The Morgan fingerprint density at radius 3 is 2.58 bits per heavy atom. The minimum atomic E-state index is -0.520. The first-order valence-corrected chi connectivity index (χ1v) is 11.5. The Balaban J connectivity index is 1.58. The van der Waals surface area contributed by atoms with Crippen LogP contribution in [0.4, 0.5) is 9.18 Å². The van der Waals surface area contributed by atoms with Gasteiger partial charge in [-0.2, -0.15) is 4.98 Å². The molecule has 3 aromatic carbocycles. The molecule has 0 bridgehead atoms. The first kappa shape index (κ1) is 23.3. The van der Waals surface area contributed by atoms with Crippen LogP contribution < -0.4 is 10.1 Å². The highest BCUT2D eigenvalue weighted by Gasteiger charge is 2.35. The van der Waals surface area contributed by atoms with Crippen LogP contribution in [-0.4, -0.2) is 28.2 Å². The summed E-state index contributed by atoms with van der Waals surface area (Å²) in [5.74, 6) is 0.0998. The van der Waals surface area contributed by atoms with Gasteiger partial charge in [0.15, 0.2) is 11.6 Å². The molecule has 0 saturated carbocycles. The van der Waals surface area contributed by atoms with Crippen LogP contribution in [0.2, 0.25) is 0 Å². The topological polar surface area (TPSA) is 80.5 Å². The number of nitrogens with zero attached hydrogens (tertiary/aromatic N) is 3. The van der Waals surface area contributed by atoms with Crippen molar-refractivity contribution < 1.29 is 18.4 Å². The SMILES string of the molecule is COc1ccc(-c2noc(C3=C(C)N(Cc4cccc(C)c4)C(=O)NC3c3ccccc3)n2)cc1F. The number of carbonyl (C=O) groups is 1. The van der Waals surface area contributed by atoms with Crippen LogP contribution in [0, 0.1) is 12.7 Å². The molecule has 0 aliphatic carbocycles. The highest BCUT2D eigenvalue weighted by molar-refractivity contribution is 5.86. The molecule has 1 aliphatic heterocycles. The average Bonchev–Trinajstić information content (AvgIpc) is 3.36. The van der Waals surface area contributed by atoms with Crippen molar-refractivity contribution in [3.05, 3.63) is 107 Å². The van der Waals surface area contributed by atoms with E-state index in [4.69, 9.17) is 9.26 Å². The Bertz CT molecular complexity index is 1450. The molecule has 5 rings (SSSR count). The number of methoxy groups -OCH3 is 1. The predicted molar refractivity (Wildman–Crippen MR) is 133 cm³/mol. The number of nitrogens with one attached hydrogen (secondary N) is 1. The lowest BCUT2D eigenvalue weighted by molar-refractivity contribution is 0.203. The van der Waals surface area contributed by atoms with E-state index in [1.807, 2.05) is 68.4 Å². The summed E-state index contributed by atoms with van der Waals surface area (Å²) in [6.45, 7) is 4.27. The number of benzene rings is 3.